The van der Waals surface area contributed by atoms with Gasteiger partial charge >= 0.3 is 6.18 Å². The molecular weight excluding hydrogens is 285 g/mol. The lowest BCUT2D eigenvalue weighted by Crippen LogP contribution is -2.15. The number of nitrogens with zero attached hydrogens (tertiary/aromatic N) is 4. The summed E-state index contributed by atoms with van der Waals surface area (Å²) < 4.78 is 39.8. The Morgan fingerprint density at radius 2 is 2.00 bits per heavy atom. The Balaban J connectivity index is 1.95. The highest BCUT2D eigenvalue weighted by Crippen LogP contribution is 2.28. The lowest BCUT2D eigenvalue weighted by atomic mass is 10.4. The monoisotopic (exact) mass is 300 g/mol. The Morgan fingerprint density at radius 3 is 2.62 bits per heavy atom. The van der Waals surface area contributed by atoms with Crippen LogP contribution in [0.1, 0.15) is 12.2 Å². The summed E-state index contributed by atoms with van der Waals surface area (Å²) in [5.41, 5.74) is 0. The molecular formula is C12H15F3N6. The maximum atomic E-state index is 12.7. The van der Waals surface area contributed by atoms with E-state index in [9.17, 15) is 13.2 Å². The molecule has 0 spiro atoms. The molecule has 2 aromatic rings. The van der Waals surface area contributed by atoms with Gasteiger partial charge < -0.3 is 10.6 Å². The first-order valence-electron chi connectivity index (χ1n) is 6.34. The maximum Gasteiger partial charge on any atom is 0.451 e. The van der Waals surface area contributed by atoms with Gasteiger partial charge in [-0.05, 0) is 12.5 Å². The molecule has 0 saturated heterocycles. The molecule has 0 atom stereocenters. The van der Waals surface area contributed by atoms with Gasteiger partial charge in [-0.1, -0.05) is 0 Å². The molecule has 0 amide bonds. The summed E-state index contributed by atoms with van der Waals surface area (Å²) in [6.45, 7) is 1.16. The second-order valence-electron chi connectivity index (χ2n) is 4.26. The second kappa shape index (κ2) is 6.42. The summed E-state index contributed by atoms with van der Waals surface area (Å²) in [5.74, 6) is -0.905. The molecule has 0 aliphatic heterocycles. The third kappa shape index (κ3) is 4.33. The first kappa shape index (κ1) is 15.1. The average Bonchev–Trinajstić information content (AvgIpc) is 2.95. The van der Waals surface area contributed by atoms with Crippen LogP contribution in [0.2, 0.25) is 0 Å². The van der Waals surface area contributed by atoms with Gasteiger partial charge in [0.2, 0.25) is 5.82 Å². The second-order valence-corrected chi connectivity index (χ2v) is 4.26. The van der Waals surface area contributed by atoms with E-state index in [0.29, 0.717) is 19.5 Å². The van der Waals surface area contributed by atoms with E-state index in [4.69, 9.17) is 0 Å². The summed E-state index contributed by atoms with van der Waals surface area (Å²) in [5, 5.41) is 9.49. The van der Waals surface area contributed by atoms with Crippen molar-refractivity contribution < 1.29 is 13.2 Å². The Kier molecular flexibility index (Phi) is 4.61. The van der Waals surface area contributed by atoms with E-state index in [0.717, 1.165) is 0 Å². The van der Waals surface area contributed by atoms with Crippen LogP contribution in [0, 0.1) is 0 Å². The van der Waals surface area contributed by atoms with E-state index in [1.165, 1.54) is 13.1 Å². The summed E-state index contributed by atoms with van der Waals surface area (Å²) >= 11 is 0. The molecule has 0 radical (unpaired) electrons. The number of anilines is 2. The Labute approximate surface area is 119 Å². The van der Waals surface area contributed by atoms with Crippen molar-refractivity contribution in [1.82, 2.24) is 19.7 Å². The molecule has 9 heteroatoms. The van der Waals surface area contributed by atoms with E-state index < -0.39 is 12.0 Å². The van der Waals surface area contributed by atoms with Crippen LogP contribution in [0.25, 0.3) is 0 Å². The van der Waals surface area contributed by atoms with Crippen molar-refractivity contribution in [1.29, 1.82) is 0 Å². The predicted molar refractivity (Wildman–Crippen MR) is 71.9 cm³/mol. The fraction of sp³-hybridized carbons (Fsp3) is 0.417. The van der Waals surface area contributed by atoms with Gasteiger partial charge in [0.15, 0.2) is 0 Å². The smallest absolute Gasteiger partial charge is 0.373 e. The standard InChI is InChI=1S/C12H15F3N6/c1-16-9-8-10(20-11(19-9)12(13,14)15)17-4-2-6-21-7-3-5-18-21/h3,5,7-8H,2,4,6H2,1H3,(H2,16,17,19,20). The molecule has 2 rings (SSSR count). The SMILES string of the molecule is CNc1cc(NCCCn2cccn2)nc(C(F)(F)F)n1. The molecule has 0 unspecified atom stereocenters. The van der Waals surface area contributed by atoms with Crippen LogP contribution in [-0.4, -0.2) is 33.3 Å². The average molecular weight is 300 g/mol. The van der Waals surface area contributed by atoms with Crippen molar-refractivity contribution >= 4 is 11.6 Å². The van der Waals surface area contributed by atoms with Crippen LogP contribution in [0.15, 0.2) is 24.5 Å². The summed E-state index contributed by atoms with van der Waals surface area (Å²) in [6, 6.07) is 3.25. The number of rotatable bonds is 6. The molecule has 0 fully saturated rings. The molecule has 0 saturated carbocycles. The van der Waals surface area contributed by atoms with Gasteiger partial charge in [-0.3, -0.25) is 4.68 Å². The van der Waals surface area contributed by atoms with E-state index in [2.05, 4.69) is 25.7 Å². The van der Waals surface area contributed by atoms with E-state index in [-0.39, 0.29) is 11.6 Å². The number of nitrogens with one attached hydrogen (secondary N) is 2. The third-order valence-corrected chi connectivity index (χ3v) is 2.67. The lowest BCUT2D eigenvalue weighted by molar-refractivity contribution is -0.144. The molecule has 0 aliphatic carbocycles. The predicted octanol–water partition coefficient (Wildman–Crippen LogP) is 2.24. The zero-order chi connectivity index (χ0) is 15.3. The first-order valence-corrected chi connectivity index (χ1v) is 6.34. The largest absolute Gasteiger partial charge is 0.451 e. The molecule has 114 valence electrons. The first-order chi connectivity index (χ1) is 9.99. The lowest BCUT2D eigenvalue weighted by Gasteiger charge is -2.11. The molecule has 0 aliphatic rings. The number of hydrogen-bond acceptors (Lipinski definition) is 5. The van der Waals surface area contributed by atoms with Crippen LogP contribution in [0.5, 0.6) is 0 Å². The van der Waals surface area contributed by atoms with Gasteiger partial charge in [-0.2, -0.15) is 18.3 Å². The van der Waals surface area contributed by atoms with Crippen molar-refractivity contribution in [3.05, 3.63) is 30.4 Å². The fourth-order valence-electron chi connectivity index (χ4n) is 1.68. The highest BCUT2D eigenvalue weighted by molar-refractivity contribution is 5.47. The number of aromatic nitrogens is 4. The van der Waals surface area contributed by atoms with Crippen LogP contribution in [0.4, 0.5) is 24.8 Å². The number of aryl methyl sites for hydroxylation is 1. The van der Waals surface area contributed by atoms with Gasteiger partial charge in [-0.15, -0.1) is 0 Å². The number of alkyl halides is 3. The topological polar surface area (TPSA) is 67.7 Å². The molecule has 2 N–H and O–H groups in total. The Morgan fingerprint density at radius 1 is 1.24 bits per heavy atom. The number of hydrogen-bond donors (Lipinski definition) is 2. The third-order valence-electron chi connectivity index (χ3n) is 2.67. The van der Waals surface area contributed by atoms with Gasteiger partial charge in [0.05, 0.1) is 0 Å². The van der Waals surface area contributed by atoms with Crippen molar-refractivity contribution in [3.63, 3.8) is 0 Å². The van der Waals surface area contributed by atoms with Gasteiger partial charge in [0.25, 0.3) is 0 Å². The maximum absolute atomic E-state index is 12.7. The summed E-state index contributed by atoms with van der Waals surface area (Å²) in [7, 11) is 1.50. The molecule has 6 nitrogen and oxygen atoms in total. The minimum absolute atomic E-state index is 0.118. The Hall–Kier alpha value is -2.32. The highest BCUT2D eigenvalue weighted by atomic mass is 19.4. The number of halogens is 3. The quantitative estimate of drug-likeness (QED) is 0.801. The normalized spacial score (nSPS) is 11.4. The van der Waals surface area contributed by atoms with Gasteiger partial charge in [0.1, 0.15) is 11.6 Å². The molecule has 21 heavy (non-hydrogen) atoms. The van der Waals surface area contributed by atoms with Gasteiger partial charge in [0, 0.05) is 38.6 Å². The van der Waals surface area contributed by atoms with Crippen LogP contribution >= 0.6 is 0 Å². The highest BCUT2D eigenvalue weighted by Gasteiger charge is 2.35. The van der Waals surface area contributed by atoms with E-state index >= 15 is 0 Å². The molecule has 2 aromatic heterocycles. The molecule has 0 bridgehead atoms. The van der Waals surface area contributed by atoms with Crippen molar-refractivity contribution in [2.45, 2.75) is 19.1 Å². The Bertz CT molecular complexity index is 567. The zero-order valence-corrected chi connectivity index (χ0v) is 11.4. The minimum atomic E-state index is -4.57. The molecule has 2 heterocycles. The zero-order valence-electron chi connectivity index (χ0n) is 11.4. The van der Waals surface area contributed by atoms with Crippen LogP contribution < -0.4 is 10.6 Å². The van der Waals surface area contributed by atoms with Crippen molar-refractivity contribution in [2.75, 3.05) is 24.2 Å². The summed E-state index contributed by atoms with van der Waals surface area (Å²) in [4.78, 5) is 6.87. The summed E-state index contributed by atoms with van der Waals surface area (Å²) in [6.07, 6.45) is -0.363. The minimum Gasteiger partial charge on any atom is -0.373 e. The van der Waals surface area contributed by atoms with Crippen LogP contribution in [0.3, 0.4) is 0 Å². The van der Waals surface area contributed by atoms with Crippen molar-refractivity contribution in [2.24, 2.45) is 0 Å². The van der Waals surface area contributed by atoms with Crippen LogP contribution in [-0.2, 0) is 12.7 Å². The van der Waals surface area contributed by atoms with Gasteiger partial charge in [-0.25, -0.2) is 9.97 Å². The van der Waals surface area contributed by atoms with E-state index in [1.807, 2.05) is 12.3 Å². The fourth-order valence-corrected chi connectivity index (χ4v) is 1.68. The van der Waals surface area contributed by atoms with Crippen molar-refractivity contribution in [3.8, 4) is 0 Å². The van der Waals surface area contributed by atoms with E-state index in [1.54, 1.807) is 10.9 Å². The molecule has 0 aromatic carbocycles.